The second-order valence-corrected chi connectivity index (χ2v) is 7.14. The van der Waals surface area contributed by atoms with Crippen LogP contribution in [0, 0.1) is 6.92 Å². The third-order valence-corrected chi connectivity index (χ3v) is 5.21. The third kappa shape index (κ3) is 3.75. The Morgan fingerprint density at radius 1 is 1.36 bits per heavy atom. The van der Waals surface area contributed by atoms with Crippen molar-refractivity contribution in [2.75, 3.05) is 25.0 Å². The number of aromatic nitrogens is 2. The van der Waals surface area contributed by atoms with E-state index in [9.17, 15) is 4.79 Å². The van der Waals surface area contributed by atoms with Gasteiger partial charge >= 0.3 is 6.03 Å². The van der Waals surface area contributed by atoms with Crippen LogP contribution in [0.3, 0.4) is 0 Å². The number of amides is 2. The molecule has 1 N–H and O–H groups in total. The Morgan fingerprint density at radius 2 is 2.25 bits per heavy atom. The number of ether oxygens (including phenoxy) is 1. The van der Waals surface area contributed by atoms with Crippen LogP contribution < -0.4 is 5.32 Å². The molecule has 3 aromatic rings. The fourth-order valence-corrected chi connectivity index (χ4v) is 3.73. The maximum atomic E-state index is 13.0. The molecule has 1 saturated heterocycles. The molecule has 7 nitrogen and oxygen atoms in total. The van der Waals surface area contributed by atoms with Crippen molar-refractivity contribution >= 4 is 22.7 Å². The first kappa shape index (κ1) is 18.6. The minimum atomic E-state index is -0.129. The van der Waals surface area contributed by atoms with Crippen LogP contribution in [0.5, 0.6) is 0 Å². The molecule has 0 radical (unpaired) electrons. The molecule has 1 atom stereocenters. The molecule has 1 fully saturated rings. The lowest BCUT2D eigenvalue weighted by Gasteiger charge is -2.24. The Bertz CT molecular complexity index is 948. The van der Waals surface area contributed by atoms with Gasteiger partial charge in [-0.2, -0.15) is 5.10 Å². The number of hydrogen-bond donors (Lipinski definition) is 1. The molecule has 2 aromatic heterocycles. The highest BCUT2D eigenvalue weighted by molar-refractivity contribution is 6.00. The van der Waals surface area contributed by atoms with Gasteiger partial charge in [0.1, 0.15) is 5.76 Å². The SMILES string of the molecule is CCc1oc2c(NC(=O)N3CCCO[C@@H](Cn4cccn4)C3)cccc2c1C. The predicted molar refractivity (Wildman–Crippen MR) is 108 cm³/mol. The summed E-state index contributed by atoms with van der Waals surface area (Å²) in [6.45, 7) is 6.59. The molecule has 4 rings (SSSR count). The number of urea groups is 1. The summed E-state index contributed by atoms with van der Waals surface area (Å²) in [5.41, 5.74) is 2.58. The number of anilines is 1. The number of nitrogens with zero attached hydrogens (tertiary/aromatic N) is 3. The van der Waals surface area contributed by atoms with E-state index >= 15 is 0 Å². The number of nitrogens with one attached hydrogen (secondary N) is 1. The van der Waals surface area contributed by atoms with Crippen molar-refractivity contribution in [3.8, 4) is 0 Å². The summed E-state index contributed by atoms with van der Waals surface area (Å²) in [5.74, 6) is 0.958. The summed E-state index contributed by atoms with van der Waals surface area (Å²) in [6, 6.07) is 7.63. The molecule has 28 heavy (non-hydrogen) atoms. The van der Waals surface area contributed by atoms with E-state index in [1.54, 1.807) is 6.20 Å². The molecule has 1 aliphatic heterocycles. The van der Waals surface area contributed by atoms with E-state index in [2.05, 4.69) is 24.3 Å². The van der Waals surface area contributed by atoms with Crippen molar-refractivity contribution in [2.45, 2.75) is 39.3 Å². The molecule has 148 valence electrons. The quantitative estimate of drug-likeness (QED) is 0.744. The summed E-state index contributed by atoms with van der Waals surface area (Å²) in [4.78, 5) is 14.8. The van der Waals surface area contributed by atoms with Gasteiger partial charge in [0.15, 0.2) is 5.58 Å². The van der Waals surface area contributed by atoms with Gasteiger partial charge in [-0.15, -0.1) is 0 Å². The molecular weight excluding hydrogens is 356 g/mol. The minimum Gasteiger partial charge on any atom is -0.459 e. The van der Waals surface area contributed by atoms with E-state index in [1.807, 2.05) is 40.0 Å². The molecule has 7 heteroatoms. The van der Waals surface area contributed by atoms with Crippen LogP contribution in [0.4, 0.5) is 10.5 Å². The monoisotopic (exact) mass is 382 g/mol. The van der Waals surface area contributed by atoms with E-state index in [4.69, 9.17) is 9.15 Å². The highest BCUT2D eigenvalue weighted by atomic mass is 16.5. The Kier molecular flexibility index (Phi) is 5.34. The van der Waals surface area contributed by atoms with Crippen molar-refractivity contribution in [1.82, 2.24) is 14.7 Å². The Balaban J connectivity index is 1.50. The first-order chi connectivity index (χ1) is 13.7. The van der Waals surface area contributed by atoms with Crippen LogP contribution in [0.1, 0.15) is 24.7 Å². The zero-order valence-corrected chi connectivity index (χ0v) is 16.4. The fraction of sp³-hybridized carbons (Fsp3) is 0.429. The molecule has 0 aliphatic carbocycles. The molecule has 2 amide bonds. The molecule has 0 unspecified atom stereocenters. The maximum Gasteiger partial charge on any atom is 0.322 e. The van der Waals surface area contributed by atoms with Crippen molar-refractivity contribution in [2.24, 2.45) is 0 Å². The Labute approximate surface area is 164 Å². The molecule has 1 aromatic carbocycles. The van der Waals surface area contributed by atoms with Gasteiger partial charge in [-0.05, 0) is 31.0 Å². The summed E-state index contributed by atoms with van der Waals surface area (Å²) in [7, 11) is 0. The van der Waals surface area contributed by atoms with Crippen LogP contribution >= 0.6 is 0 Å². The summed E-state index contributed by atoms with van der Waals surface area (Å²) >= 11 is 0. The lowest BCUT2D eigenvalue weighted by molar-refractivity contribution is 0.0442. The van der Waals surface area contributed by atoms with Gasteiger partial charge in [0.25, 0.3) is 0 Å². The first-order valence-electron chi connectivity index (χ1n) is 9.81. The number of hydrogen-bond acceptors (Lipinski definition) is 4. The number of aryl methyl sites for hydroxylation is 2. The first-order valence-corrected chi connectivity index (χ1v) is 9.81. The van der Waals surface area contributed by atoms with Crippen LogP contribution in [0.15, 0.2) is 41.1 Å². The predicted octanol–water partition coefficient (Wildman–Crippen LogP) is 3.82. The normalized spacial score (nSPS) is 17.6. The average Bonchev–Trinajstić information content (AvgIpc) is 3.24. The fourth-order valence-electron chi connectivity index (χ4n) is 3.73. The van der Waals surface area contributed by atoms with Gasteiger partial charge in [0.05, 0.1) is 24.9 Å². The van der Waals surface area contributed by atoms with Gasteiger partial charge in [-0.3, -0.25) is 4.68 Å². The zero-order chi connectivity index (χ0) is 19.5. The maximum absolute atomic E-state index is 13.0. The van der Waals surface area contributed by atoms with Crippen LogP contribution in [-0.2, 0) is 17.7 Å². The van der Waals surface area contributed by atoms with E-state index in [0.717, 1.165) is 35.1 Å². The number of rotatable bonds is 4. The standard InChI is InChI=1S/C21H26N4O3/c1-3-19-15(2)17-7-4-8-18(20(17)28-19)23-21(26)24-10-6-12-27-16(13-24)14-25-11-5-9-22-25/h4-5,7-9,11,16H,3,6,10,12-14H2,1-2H3,(H,23,26)/t16-/m1/s1. The van der Waals surface area contributed by atoms with Gasteiger partial charge in [0, 0.05) is 37.4 Å². The van der Waals surface area contributed by atoms with Gasteiger partial charge < -0.3 is 19.4 Å². The van der Waals surface area contributed by atoms with Crippen LogP contribution in [-0.4, -0.2) is 46.5 Å². The number of para-hydroxylation sites is 1. The molecule has 0 saturated carbocycles. The molecular formula is C21H26N4O3. The van der Waals surface area contributed by atoms with Gasteiger partial charge in [-0.1, -0.05) is 19.1 Å². The van der Waals surface area contributed by atoms with Crippen molar-refractivity contribution in [3.63, 3.8) is 0 Å². The second kappa shape index (κ2) is 8.06. The smallest absolute Gasteiger partial charge is 0.322 e. The average molecular weight is 382 g/mol. The largest absolute Gasteiger partial charge is 0.459 e. The van der Waals surface area contributed by atoms with Gasteiger partial charge in [-0.25, -0.2) is 4.79 Å². The van der Waals surface area contributed by atoms with Gasteiger partial charge in [0.2, 0.25) is 0 Å². The lowest BCUT2D eigenvalue weighted by Crippen LogP contribution is -2.41. The third-order valence-electron chi connectivity index (χ3n) is 5.21. The van der Waals surface area contributed by atoms with E-state index < -0.39 is 0 Å². The molecule has 0 spiro atoms. The lowest BCUT2D eigenvalue weighted by atomic mass is 10.1. The van der Waals surface area contributed by atoms with Crippen LogP contribution in [0.2, 0.25) is 0 Å². The number of benzene rings is 1. The number of carbonyl (C=O) groups excluding carboxylic acids is 1. The topological polar surface area (TPSA) is 72.5 Å². The molecule has 1 aliphatic rings. The molecule has 3 heterocycles. The van der Waals surface area contributed by atoms with Crippen molar-refractivity contribution < 1.29 is 13.9 Å². The number of furan rings is 1. The Hall–Kier alpha value is -2.80. The number of carbonyl (C=O) groups is 1. The highest BCUT2D eigenvalue weighted by Gasteiger charge is 2.24. The summed E-state index contributed by atoms with van der Waals surface area (Å²) in [5, 5.41) is 8.32. The minimum absolute atomic E-state index is 0.0820. The molecule has 0 bridgehead atoms. The van der Waals surface area contributed by atoms with E-state index in [-0.39, 0.29) is 12.1 Å². The van der Waals surface area contributed by atoms with E-state index in [1.165, 1.54) is 0 Å². The van der Waals surface area contributed by atoms with Crippen molar-refractivity contribution in [3.05, 3.63) is 48.0 Å². The summed E-state index contributed by atoms with van der Waals surface area (Å²) < 4.78 is 13.8. The number of fused-ring (bicyclic) bond motifs is 1. The van der Waals surface area contributed by atoms with Crippen molar-refractivity contribution in [1.29, 1.82) is 0 Å². The van der Waals surface area contributed by atoms with E-state index in [0.29, 0.717) is 31.9 Å². The Morgan fingerprint density at radius 3 is 3.04 bits per heavy atom. The second-order valence-electron chi connectivity index (χ2n) is 7.14. The van der Waals surface area contributed by atoms with Crippen LogP contribution in [0.25, 0.3) is 11.0 Å². The summed E-state index contributed by atoms with van der Waals surface area (Å²) in [6.07, 6.45) is 5.21. The zero-order valence-electron chi connectivity index (χ0n) is 16.4. The highest BCUT2D eigenvalue weighted by Crippen LogP contribution is 2.31.